The van der Waals surface area contributed by atoms with E-state index in [2.05, 4.69) is 21.2 Å². The summed E-state index contributed by atoms with van der Waals surface area (Å²) in [5.74, 6) is 0.724. The predicted octanol–water partition coefficient (Wildman–Crippen LogP) is 2.09. The Balaban J connectivity index is 1.53. The van der Waals surface area contributed by atoms with Crippen LogP contribution in [0.1, 0.15) is 25.7 Å². The van der Waals surface area contributed by atoms with Gasteiger partial charge in [0.25, 0.3) is 0 Å². The van der Waals surface area contributed by atoms with E-state index in [0.29, 0.717) is 41.3 Å². The smallest absolute Gasteiger partial charge is 0.229 e. The lowest BCUT2D eigenvalue weighted by molar-refractivity contribution is -0.138. The number of hydrogen-bond donors (Lipinski definition) is 1. The molecule has 0 unspecified atom stereocenters. The fourth-order valence-corrected chi connectivity index (χ4v) is 3.06. The number of amides is 3. The molecule has 3 amide bonds. The Bertz CT molecular complexity index is 675. The minimum Gasteiger partial charge on any atom is -0.486 e. The second-order valence-electron chi connectivity index (χ2n) is 5.57. The van der Waals surface area contributed by atoms with Crippen molar-refractivity contribution in [1.82, 2.24) is 4.90 Å². The molecule has 0 radical (unpaired) electrons. The van der Waals surface area contributed by atoms with E-state index in [1.54, 1.807) is 12.1 Å². The van der Waals surface area contributed by atoms with E-state index in [9.17, 15) is 14.4 Å². The maximum absolute atomic E-state index is 12.1. The summed E-state index contributed by atoms with van der Waals surface area (Å²) < 4.78 is 11.7. The summed E-state index contributed by atoms with van der Waals surface area (Å²) in [6, 6.07) is 3.47. The summed E-state index contributed by atoms with van der Waals surface area (Å²) in [5, 5.41) is 2.80. The number of fused-ring (bicyclic) bond motifs is 1. The molecular weight excluding hydrogens is 380 g/mol. The molecule has 1 N–H and O–H groups in total. The molecule has 2 heterocycles. The Morgan fingerprint density at radius 1 is 1.12 bits per heavy atom. The number of anilines is 1. The summed E-state index contributed by atoms with van der Waals surface area (Å²) in [5.41, 5.74) is 0.595. The van der Waals surface area contributed by atoms with Gasteiger partial charge in [-0.3, -0.25) is 19.3 Å². The van der Waals surface area contributed by atoms with Gasteiger partial charge in [-0.25, -0.2) is 0 Å². The lowest BCUT2D eigenvalue weighted by atomic mass is 10.2. The van der Waals surface area contributed by atoms with Crippen LogP contribution in [-0.4, -0.2) is 42.4 Å². The first-order valence-corrected chi connectivity index (χ1v) is 8.56. The SMILES string of the molecule is O=C(CCCN1C(=O)CCC1=O)Nc1cc2c(cc1Br)OCCO2. The van der Waals surface area contributed by atoms with Crippen molar-refractivity contribution in [3.8, 4) is 11.5 Å². The summed E-state index contributed by atoms with van der Waals surface area (Å²) in [4.78, 5) is 36.3. The summed E-state index contributed by atoms with van der Waals surface area (Å²) in [6.45, 7) is 1.26. The van der Waals surface area contributed by atoms with Crippen LogP contribution in [0.25, 0.3) is 0 Å². The normalized spacial score (nSPS) is 16.5. The average molecular weight is 397 g/mol. The number of imide groups is 1. The lowest BCUT2D eigenvalue weighted by Gasteiger charge is -2.20. The molecule has 1 saturated heterocycles. The summed E-state index contributed by atoms with van der Waals surface area (Å²) in [6.07, 6.45) is 1.20. The van der Waals surface area contributed by atoms with Crippen molar-refractivity contribution in [3.05, 3.63) is 16.6 Å². The van der Waals surface area contributed by atoms with Crippen LogP contribution in [0.4, 0.5) is 5.69 Å². The first-order chi connectivity index (χ1) is 11.5. The Kier molecular flexibility index (Phi) is 5.03. The van der Waals surface area contributed by atoms with E-state index in [4.69, 9.17) is 9.47 Å². The molecular formula is C16H17BrN2O5. The largest absolute Gasteiger partial charge is 0.486 e. The van der Waals surface area contributed by atoms with Gasteiger partial charge in [0.05, 0.1) is 5.69 Å². The molecule has 0 bridgehead atoms. The van der Waals surface area contributed by atoms with Crippen LogP contribution in [0.3, 0.4) is 0 Å². The molecule has 1 aromatic carbocycles. The van der Waals surface area contributed by atoms with Gasteiger partial charge in [0, 0.05) is 42.4 Å². The van der Waals surface area contributed by atoms with Crippen molar-refractivity contribution in [2.45, 2.75) is 25.7 Å². The zero-order chi connectivity index (χ0) is 17.1. The topological polar surface area (TPSA) is 84.9 Å². The number of carbonyl (C=O) groups excluding carboxylic acids is 3. The molecule has 1 fully saturated rings. The maximum atomic E-state index is 12.1. The number of ether oxygens (including phenoxy) is 2. The van der Waals surface area contributed by atoms with Crippen molar-refractivity contribution < 1.29 is 23.9 Å². The number of benzene rings is 1. The Morgan fingerprint density at radius 2 is 1.75 bits per heavy atom. The number of nitrogens with one attached hydrogen (secondary N) is 1. The zero-order valence-corrected chi connectivity index (χ0v) is 14.6. The highest BCUT2D eigenvalue weighted by atomic mass is 79.9. The molecule has 8 heteroatoms. The highest BCUT2D eigenvalue weighted by molar-refractivity contribution is 9.10. The summed E-state index contributed by atoms with van der Waals surface area (Å²) >= 11 is 3.39. The van der Waals surface area contributed by atoms with E-state index in [-0.39, 0.29) is 43.5 Å². The van der Waals surface area contributed by atoms with E-state index >= 15 is 0 Å². The Morgan fingerprint density at radius 3 is 2.42 bits per heavy atom. The number of rotatable bonds is 5. The Hall–Kier alpha value is -2.09. The van der Waals surface area contributed by atoms with Gasteiger partial charge < -0.3 is 14.8 Å². The van der Waals surface area contributed by atoms with Crippen LogP contribution < -0.4 is 14.8 Å². The zero-order valence-electron chi connectivity index (χ0n) is 13.0. The van der Waals surface area contributed by atoms with Crippen molar-refractivity contribution in [2.24, 2.45) is 0 Å². The van der Waals surface area contributed by atoms with Gasteiger partial charge in [-0.2, -0.15) is 0 Å². The second kappa shape index (κ2) is 7.21. The molecule has 0 aromatic heterocycles. The highest BCUT2D eigenvalue weighted by Crippen LogP contribution is 2.38. The van der Waals surface area contributed by atoms with Crippen molar-refractivity contribution in [2.75, 3.05) is 25.1 Å². The number of hydrogen-bond acceptors (Lipinski definition) is 5. The highest BCUT2D eigenvalue weighted by Gasteiger charge is 2.28. The lowest BCUT2D eigenvalue weighted by Crippen LogP contribution is -2.30. The number of nitrogens with zero attached hydrogens (tertiary/aromatic N) is 1. The molecule has 128 valence electrons. The second-order valence-corrected chi connectivity index (χ2v) is 6.42. The quantitative estimate of drug-likeness (QED) is 0.770. The first-order valence-electron chi connectivity index (χ1n) is 7.77. The van der Waals surface area contributed by atoms with Gasteiger partial charge >= 0.3 is 0 Å². The van der Waals surface area contributed by atoms with Crippen LogP contribution in [0.5, 0.6) is 11.5 Å². The third-order valence-electron chi connectivity index (χ3n) is 3.85. The number of carbonyl (C=O) groups is 3. The average Bonchev–Trinajstić information content (AvgIpc) is 2.87. The van der Waals surface area contributed by atoms with Crippen LogP contribution in [-0.2, 0) is 14.4 Å². The van der Waals surface area contributed by atoms with Gasteiger partial charge in [0.15, 0.2) is 11.5 Å². The molecule has 24 heavy (non-hydrogen) atoms. The standard InChI is InChI=1S/C16H17BrN2O5/c17-10-8-12-13(24-7-6-23-12)9-11(10)18-14(20)2-1-5-19-15(21)3-4-16(19)22/h8-9H,1-7H2,(H,18,20). The third kappa shape index (κ3) is 3.69. The minimum absolute atomic E-state index is 0.157. The van der Waals surface area contributed by atoms with E-state index < -0.39 is 0 Å². The van der Waals surface area contributed by atoms with Gasteiger partial charge in [-0.15, -0.1) is 0 Å². The molecule has 0 atom stereocenters. The fraction of sp³-hybridized carbons (Fsp3) is 0.438. The molecule has 0 saturated carbocycles. The van der Waals surface area contributed by atoms with E-state index in [0.717, 1.165) is 0 Å². The van der Waals surface area contributed by atoms with E-state index in [1.807, 2.05) is 0 Å². The van der Waals surface area contributed by atoms with Gasteiger partial charge in [0.1, 0.15) is 13.2 Å². The third-order valence-corrected chi connectivity index (χ3v) is 4.50. The molecule has 2 aliphatic heterocycles. The Labute approximate surface area is 147 Å². The molecule has 3 rings (SSSR count). The molecule has 0 spiro atoms. The van der Waals surface area contributed by atoms with Crippen molar-refractivity contribution in [3.63, 3.8) is 0 Å². The first kappa shape index (κ1) is 16.8. The van der Waals surface area contributed by atoms with Crippen LogP contribution >= 0.6 is 15.9 Å². The number of halogens is 1. The number of likely N-dealkylation sites (tertiary alicyclic amines) is 1. The van der Waals surface area contributed by atoms with Crippen molar-refractivity contribution in [1.29, 1.82) is 0 Å². The van der Waals surface area contributed by atoms with Gasteiger partial charge in [-0.05, 0) is 22.4 Å². The van der Waals surface area contributed by atoms with Crippen molar-refractivity contribution >= 4 is 39.3 Å². The molecule has 2 aliphatic rings. The van der Waals surface area contributed by atoms with Crippen LogP contribution in [0.2, 0.25) is 0 Å². The molecule has 1 aromatic rings. The monoisotopic (exact) mass is 396 g/mol. The van der Waals surface area contributed by atoms with E-state index in [1.165, 1.54) is 4.90 Å². The molecule has 7 nitrogen and oxygen atoms in total. The van der Waals surface area contributed by atoms with Gasteiger partial charge in [-0.1, -0.05) is 0 Å². The maximum Gasteiger partial charge on any atom is 0.229 e. The van der Waals surface area contributed by atoms with Crippen LogP contribution in [0.15, 0.2) is 16.6 Å². The molecule has 0 aliphatic carbocycles. The minimum atomic E-state index is -0.188. The van der Waals surface area contributed by atoms with Crippen LogP contribution in [0, 0.1) is 0 Å². The fourth-order valence-electron chi connectivity index (χ4n) is 2.64. The summed E-state index contributed by atoms with van der Waals surface area (Å²) in [7, 11) is 0. The van der Waals surface area contributed by atoms with Gasteiger partial charge in [0.2, 0.25) is 17.7 Å². The predicted molar refractivity (Wildman–Crippen MR) is 88.9 cm³/mol.